The van der Waals surface area contributed by atoms with E-state index in [4.69, 9.17) is 8.92 Å². The van der Waals surface area contributed by atoms with E-state index in [9.17, 15) is 8.42 Å². The maximum Gasteiger partial charge on any atom is 1.00 e. The third-order valence-corrected chi connectivity index (χ3v) is 4.92. The largest absolute Gasteiger partial charge is 1.00 e. The Labute approximate surface area is 157 Å². The zero-order chi connectivity index (χ0) is 15.1. The van der Waals surface area contributed by atoms with Crippen molar-refractivity contribution in [3.05, 3.63) is 29.8 Å². The van der Waals surface area contributed by atoms with Crippen molar-refractivity contribution >= 4 is 10.1 Å². The molecule has 0 aromatic heterocycles. The smallest absolute Gasteiger partial charge is 1.00 e. The summed E-state index contributed by atoms with van der Waals surface area (Å²) in [5.74, 6) is 0.359. The Kier molecular flexibility index (Phi) is 9.02. The number of epoxide rings is 1. The summed E-state index contributed by atoms with van der Waals surface area (Å²) in [6, 6.07) is 7.30. The van der Waals surface area contributed by atoms with Crippen molar-refractivity contribution in [2.75, 3.05) is 6.61 Å². The van der Waals surface area contributed by atoms with Gasteiger partial charge in [0.25, 0.3) is 0 Å². The predicted octanol–water partition coefficient (Wildman–Crippen LogP) is 0.771. The van der Waals surface area contributed by atoms with Crippen LogP contribution in [0, 0.1) is 0 Å². The SMILES string of the molecule is CCCCCCCCc1ccc(OS(=O)(=O)C2CO2)cc1.[H-].[Na+]. The molecule has 0 bridgehead atoms. The zero-order valence-corrected chi connectivity index (χ0v) is 16.4. The van der Waals surface area contributed by atoms with Gasteiger partial charge in [0.2, 0.25) is 5.44 Å². The number of hydrogen-bond acceptors (Lipinski definition) is 4. The fraction of sp³-hybridized carbons (Fsp3) is 0.625. The van der Waals surface area contributed by atoms with Crippen LogP contribution >= 0.6 is 0 Å². The standard InChI is InChI=1S/C16H24O4S.Na.H/c1-2-3-4-5-6-7-8-14-9-11-15(12-10-14)20-21(17,18)16-13-19-16;;/h9-12,16H,2-8,13H2,1H3;;/q;+1;-1. The second-order valence-electron chi connectivity index (χ2n) is 5.50. The topological polar surface area (TPSA) is 55.9 Å². The number of benzene rings is 1. The van der Waals surface area contributed by atoms with Crippen LogP contribution < -0.4 is 33.7 Å². The van der Waals surface area contributed by atoms with Crippen molar-refractivity contribution in [2.45, 2.75) is 57.3 Å². The van der Waals surface area contributed by atoms with Gasteiger partial charge in [-0.15, -0.1) is 0 Å². The van der Waals surface area contributed by atoms with Gasteiger partial charge >= 0.3 is 39.7 Å². The molecule has 1 fully saturated rings. The van der Waals surface area contributed by atoms with Gasteiger partial charge in [0.05, 0.1) is 6.61 Å². The van der Waals surface area contributed by atoms with Crippen LogP contribution in [0.15, 0.2) is 24.3 Å². The molecule has 1 aliphatic heterocycles. The van der Waals surface area contributed by atoms with Crippen molar-refractivity contribution in [1.29, 1.82) is 0 Å². The quantitative estimate of drug-likeness (QED) is 0.274. The molecule has 0 spiro atoms. The summed E-state index contributed by atoms with van der Waals surface area (Å²) in [6.45, 7) is 2.46. The molecule has 0 radical (unpaired) electrons. The van der Waals surface area contributed by atoms with Crippen LogP contribution in [-0.2, 0) is 21.3 Å². The second kappa shape index (κ2) is 9.93. The predicted molar refractivity (Wildman–Crippen MR) is 83.9 cm³/mol. The van der Waals surface area contributed by atoms with E-state index in [2.05, 4.69) is 6.92 Å². The molecule has 1 atom stereocenters. The van der Waals surface area contributed by atoms with E-state index in [1.165, 1.54) is 44.1 Å². The second-order valence-corrected chi connectivity index (χ2v) is 7.18. The van der Waals surface area contributed by atoms with Crippen molar-refractivity contribution in [1.82, 2.24) is 0 Å². The maximum atomic E-state index is 11.6. The van der Waals surface area contributed by atoms with Crippen LogP contribution in [0.5, 0.6) is 5.75 Å². The number of hydrogen-bond donors (Lipinski definition) is 0. The molecule has 1 aromatic carbocycles. The molecule has 0 amide bonds. The molecule has 1 aromatic rings. The van der Waals surface area contributed by atoms with E-state index in [0.717, 1.165) is 6.42 Å². The van der Waals surface area contributed by atoms with Crippen molar-refractivity contribution in [3.63, 3.8) is 0 Å². The van der Waals surface area contributed by atoms with E-state index in [1.54, 1.807) is 12.1 Å². The minimum absolute atomic E-state index is 0. The molecule has 1 aliphatic rings. The Hall–Kier alpha value is -0.0700. The molecule has 6 heteroatoms. The summed E-state index contributed by atoms with van der Waals surface area (Å²) in [7, 11) is -3.61. The van der Waals surface area contributed by atoms with Crippen LogP contribution in [0.4, 0.5) is 0 Å². The Morgan fingerprint density at radius 2 is 1.73 bits per heavy atom. The summed E-state index contributed by atoms with van der Waals surface area (Å²) in [5, 5.41) is 0. The first-order chi connectivity index (χ1) is 10.1. The molecule has 1 heterocycles. The van der Waals surface area contributed by atoms with E-state index >= 15 is 0 Å². The number of ether oxygens (including phenoxy) is 1. The fourth-order valence-corrected chi connectivity index (χ4v) is 3.11. The summed E-state index contributed by atoms with van der Waals surface area (Å²) in [6.07, 6.45) is 8.69. The van der Waals surface area contributed by atoms with Crippen LogP contribution in [0.3, 0.4) is 0 Å². The molecule has 1 unspecified atom stereocenters. The summed E-state index contributed by atoms with van der Waals surface area (Å²) in [5.41, 5.74) is 0.443. The first-order valence-corrected chi connectivity index (χ1v) is 9.23. The third kappa shape index (κ3) is 7.01. The molecule has 2 rings (SSSR count). The van der Waals surface area contributed by atoms with Gasteiger partial charge in [-0.1, -0.05) is 51.2 Å². The number of rotatable bonds is 10. The number of aryl methyl sites for hydroxylation is 1. The van der Waals surface area contributed by atoms with Crippen molar-refractivity contribution in [3.8, 4) is 5.75 Å². The van der Waals surface area contributed by atoms with Gasteiger partial charge < -0.3 is 10.3 Å². The molecule has 0 aliphatic carbocycles. The van der Waals surface area contributed by atoms with Crippen LogP contribution in [0.25, 0.3) is 0 Å². The van der Waals surface area contributed by atoms with Gasteiger partial charge in [-0.05, 0) is 30.5 Å². The first kappa shape index (κ1) is 20.0. The molecule has 1 saturated heterocycles. The van der Waals surface area contributed by atoms with E-state index in [0.29, 0.717) is 5.75 Å². The molecule has 0 saturated carbocycles. The molecule has 120 valence electrons. The van der Waals surface area contributed by atoms with Gasteiger partial charge in [0.1, 0.15) is 5.75 Å². The van der Waals surface area contributed by atoms with Gasteiger partial charge in [-0.25, -0.2) is 0 Å². The van der Waals surface area contributed by atoms with Crippen LogP contribution in [0.1, 0.15) is 52.4 Å². The van der Waals surface area contributed by atoms with Gasteiger partial charge in [0, 0.05) is 0 Å². The monoisotopic (exact) mass is 336 g/mol. The Balaban J connectivity index is 0.00000242. The average Bonchev–Trinajstić information content (AvgIpc) is 3.29. The zero-order valence-electron chi connectivity index (χ0n) is 14.6. The average molecular weight is 336 g/mol. The molecular formula is C16H25NaO4S. The van der Waals surface area contributed by atoms with E-state index in [1.807, 2.05) is 12.1 Å². The minimum Gasteiger partial charge on any atom is -1.00 e. The van der Waals surface area contributed by atoms with Gasteiger partial charge in [0.15, 0.2) is 0 Å². The normalized spacial score (nSPS) is 16.9. The van der Waals surface area contributed by atoms with Crippen molar-refractivity contribution < 1.29 is 48.3 Å². The molecule has 22 heavy (non-hydrogen) atoms. The summed E-state index contributed by atoms with van der Waals surface area (Å²) < 4.78 is 32.9. The summed E-state index contributed by atoms with van der Waals surface area (Å²) >= 11 is 0. The maximum absolute atomic E-state index is 11.6. The third-order valence-electron chi connectivity index (χ3n) is 3.58. The Morgan fingerprint density at radius 1 is 1.14 bits per heavy atom. The Bertz CT molecular complexity index is 530. The molecule has 4 nitrogen and oxygen atoms in total. The van der Waals surface area contributed by atoms with Gasteiger partial charge in [-0.2, -0.15) is 8.42 Å². The minimum atomic E-state index is -3.61. The molecule has 0 N–H and O–H groups in total. The van der Waals surface area contributed by atoms with E-state index < -0.39 is 15.6 Å². The Morgan fingerprint density at radius 3 is 2.32 bits per heavy atom. The van der Waals surface area contributed by atoms with Crippen LogP contribution in [-0.4, -0.2) is 20.5 Å². The number of unbranched alkanes of at least 4 members (excludes halogenated alkanes) is 5. The fourth-order valence-electron chi connectivity index (χ4n) is 2.21. The van der Waals surface area contributed by atoms with Crippen LogP contribution in [0.2, 0.25) is 0 Å². The first-order valence-electron chi connectivity index (χ1n) is 7.75. The summed E-state index contributed by atoms with van der Waals surface area (Å²) in [4.78, 5) is 0. The molecular weight excluding hydrogens is 311 g/mol. The van der Waals surface area contributed by atoms with Gasteiger partial charge in [-0.3, -0.25) is 0 Å². The van der Waals surface area contributed by atoms with E-state index in [-0.39, 0.29) is 37.6 Å². The van der Waals surface area contributed by atoms with Crippen molar-refractivity contribution in [2.24, 2.45) is 0 Å².